The maximum atomic E-state index is 12.0. The van der Waals surface area contributed by atoms with Gasteiger partial charge in [0.15, 0.2) is 17.3 Å². The first kappa shape index (κ1) is 19.7. The summed E-state index contributed by atoms with van der Waals surface area (Å²) in [6.07, 6.45) is 11.4. The number of ether oxygens (including phenoxy) is 2. The molecule has 2 aromatic rings. The Hall–Kier alpha value is -2.67. The van der Waals surface area contributed by atoms with E-state index in [0.717, 1.165) is 11.1 Å². The van der Waals surface area contributed by atoms with Crippen LogP contribution < -0.4 is 9.47 Å². The van der Waals surface area contributed by atoms with E-state index in [4.69, 9.17) is 39.1 Å². The maximum Gasteiger partial charge on any atom is 0.178 e. The molecule has 0 amide bonds. The van der Waals surface area contributed by atoms with Crippen LogP contribution in [-0.4, -0.2) is 19.5 Å². The van der Waals surface area contributed by atoms with Gasteiger partial charge in [-0.1, -0.05) is 47.3 Å². The van der Waals surface area contributed by atoms with Crippen molar-refractivity contribution in [1.82, 2.24) is 0 Å². The Balaban J connectivity index is 2.07. The van der Waals surface area contributed by atoms with Crippen LogP contribution in [0.2, 0.25) is 10.0 Å². The summed E-state index contributed by atoms with van der Waals surface area (Å²) in [6, 6.07) is 10.4. The molecule has 0 N–H and O–H groups in total. The first-order valence-corrected chi connectivity index (χ1v) is 8.38. The minimum absolute atomic E-state index is 0.155. The topological polar surface area (TPSA) is 35.5 Å². The van der Waals surface area contributed by atoms with Crippen molar-refractivity contribution in [3.05, 3.63) is 69.7 Å². The largest absolute Gasteiger partial charge is 0.493 e. The van der Waals surface area contributed by atoms with E-state index >= 15 is 0 Å². The Morgan fingerprint density at radius 2 is 1.88 bits per heavy atom. The molecule has 0 fully saturated rings. The number of rotatable bonds is 7. The summed E-state index contributed by atoms with van der Waals surface area (Å²) in [6.45, 7) is 0.155. The molecule has 3 nitrogen and oxygen atoms in total. The van der Waals surface area contributed by atoms with Gasteiger partial charge in [0.2, 0.25) is 0 Å². The molecule has 0 atom stereocenters. The fraction of sp³-hybridized carbons (Fsp3) is 0.0952. The van der Waals surface area contributed by atoms with Gasteiger partial charge in [-0.25, -0.2) is 0 Å². The van der Waals surface area contributed by atoms with Crippen LogP contribution in [0.4, 0.5) is 0 Å². The van der Waals surface area contributed by atoms with Crippen LogP contribution in [0.3, 0.4) is 0 Å². The zero-order valence-electron chi connectivity index (χ0n) is 14.0. The lowest BCUT2D eigenvalue weighted by atomic mass is 10.1. The van der Waals surface area contributed by atoms with Crippen LogP contribution in [0.1, 0.15) is 11.1 Å². The van der Waals surface area contributed by atoms with Crippen LogP contribution in [0.15, 0.2) is 48.6 Å². The highest BCUT2D eigenvalue weighted by Crippen LogP contribution is 2.28. The second-order valence-electron chi connectivity index (χ2n) is 5.14. The number of hydrogen-bond donors (Lipinski definition) is 0. The van der Waals surface area contributed by atoms with E-state index in [-0.39, 0.29) is 12.4 Å². The van der Waals surface area contributed by atoms with E-state index in [2.05, 4.69) is 5.92 Å². The van der Waals surface area contributed by atoms with E-state index in [1.165, 1.54) is 19.3 Å². The molecule has 0 aliphatic heterocycles. The van der Waals surface area contributed by atoms with E-state index in [1.54, 1.807) is 48.6 Å². The quantitative estimate of drug-likeness (QED) is 0.477. The summed E-state index contributed by atoms with van der Waals surface area (Å²) < 4.78 is 10.6. The number of carbonyl (C=O) groups excluding carboxylic acids is 1. The van der Waals surface area contributed by atoms with Gasteiger partial charge < -0.3 is 9.47 Å². The standard InChI is InChI=1S/C21H16Cl2O3/c1-3-12-26-20-11-5-15(13-21(20)25-2)4-9-18(24)10-7-16-6-8-17(22)14-19(16)23/h1,4-11,13-14H,12H2,2H3/b9-4+,10-7+. The van der Waals surface area contributed by atoms with Crippen LogP contribution in [0.25, 0.3) is 12.2 Å². The van der Waals surface area contributed by atoms with Crippen LogP contribution >= 0.6 is 23.2 Å². The number of carbonyl (C=O) groups is 1. The summed E-state index contributed by atoms with van der Waals surface area (Å²) in [5, 5.41) is 1.03. The third-order valence-electron chi connectivity index (χ3n) is 3.33. The Labute approximate surface area is 162 Å². The normalized spacial score (nSPS) is 10.8. The van der Waals surface area contributed by atoms with Gasteiger partial charge in [-0.2, -0.15) is 0 Å². The van der Waals surface area contributed by atoms with Gasteiger partial charge >= 0.3 is 0 Å². The van der Waals surface area contributed by atoms with Crippen LogP contribution in [0.5, 0.6) is 11.5 Å². The smallest absolute Gasteiger partial charge is 0.178 e. The molecule has 0 saturated heterocycles. The molecule has 0 saturated carbocycles. The second kappa shape index (κ2) is 9.72. The minimum atomic E-state index is -0.178. The number of halogens is 2. The van der Waals surface area contributed by atoms with E-state index < -0.39 is 0 Å². The third-order valence-corrected chi connectivity index (χ3v) is 3.89. The second-order valence-corrected chi connectivity index (χ2v) is 5.98. The maximum absolute atomic E-state index is 12.0. The van der Waals surface area contributed by atoms with E-state index in [0.29, 0.717) is 21.5 Å². The number of benzene rings is 2. The molecular weight excluding hydrogens is 371 g/mol. The Bertz CT molecular complexity index is 893. The average molecular weight is 387 g/mol. The monoisotopic (exact) mass is 386 g/mol. The molecule has 0 aliphatic rings. The third kappa shape index (κ3) is 5.70. The van der Waals surface area contributed by atoms with Crippen LogP contribution in [-0.2, 0) is 4.79 Å². The molecular formula is C21H16Cl2O3. The zero-order valence-corrected chi connectivity index (χ0v) is 15.6. The zero-order chi connectivity index (χ0) is 18.9. The summed E-state index contributed by atoms with van der Waals surface area (Å²) in [5.41, 5.74) is 1.51. The van der Waals surface area contributed by atoms with E-state index in [1.807, 2.05) is 0 Å². The van der Waals surface area contributed by atoms with Crippen LogP contribution in [0, 0.1) is 12.3 Å². The Kier molecular flexibility index (Phi) is 7.35. The fourth-order valence-electron chi connectivity index (χ4n) is 2.07. The predicted octanol–water partition coefficient (Wildman–Crippen LogP) is 5.31. The number of methoxy groups -OCH3 is 1. The van der Waals surface area contributed by atoms with Crippen molar-refractivity contribution in [2.45, 2.75) is 0 Å². The summed E-state index contributed by atoms with van der Waals surface area (Å²) >= 11 is 11.9. The van der Waals surface area contributed by atoms with Gasteiger partial charge in [-0.3, -0.25) is 4.79 Å². The number of ketones is 1. The van der Waals surface area contributed by atoms with Gasteiger partial charge in [0.05, 0.1) is 7.11 Å². The first-order valence-electron chi connectivity index (χ1n) is 7.63. The number of hydrogen-bond acceptors (Lipinski definition) is 3. The lowest BCUT2D eigenvalue weighted by Gasteiger charge is -2.09. The molecule has 0 heterocycles. The molecule has 0 bridgehead atoms. The minimum Gasteiger partial charge on any atom is -0.493 e. The first-order chi connectivity index (χ1) is 12.5. The van der Waals surface area contributed by atoms with Crippen molar-refractivity contribution in [2.75, 3.05) is 13.7 Å². The SMILES string of the molecule is C#CCOc1ccc(/C=C/C(=O)/C=C/c2ccc(Cl)cc2Cl)cc1OC. The van der Waals surface area contributed by atoms with Gasteiger partial charge in [0.25, 0.3) is 0 Å². The van der Waals surface area contributed by atoms with Crippen molar-refractivity contribution in [1.29, 1.82) is 0 Å². The van der Waals surface area contributed by atoms with Crippen molar-refractivity contribution in [2.24, 2.45) is 0 Å². The molecule has 0 aliphatic carbocycles. The Morgan fingerprint density at radius 3 is 2.58 bits per heavy atom. The van der Waals surface area contributed by atoms with Crippen molar-refractivity contribution >= 4 is 41.1 Å². The van der Waals surface area contributed by atoms with Gasteiger partial charge in [-0.15, -0.1) is 6.42 Å². The predicted molar refractivity (Wildman–Crippen MR) is 107 cm³/mol. The highest BCUT2D eigenvalue weighted by Gasteiger charge is 2.04. The summed E-state index contributed by atoms with van der Waals surface area (Å²) in [5.74, 6) is 3.31. The molecule has 2 rings (SSSR count). The fourth-order valence-corrected chi connectivity index (χ4v) is 2.54. The molecule has 2 aromatic carbocycles. The average Bonchev–Trinajstić information content (AvgIpc) is 2.64. The molecule has 0 spiro atoms. The molecule has 0 aromatic heterocycles. The molecule has 0 radical (unpaired) electrons. The van der Waals surface area contributed by atoms with Gasteiger partial charge in [0.1, 0.15) is 6.61 Å². The molecule has 26 heavy (non-hydrogen) atoms. The molecule has 0 unspecified atom stereocenters. The van der Waals surface area contributed by atoms with E-state index in [9.17, 15) is 4.79 Å². The summed E-state index contributed by atoms with van der Waals surface area (Å²) in [7, 11) is 1.54. The lowest BCUT2D eigenvalue weighted by molar-refractivity contribution is -0.110. The van der Waals surface area contributed by atoms with Gasteiger partial charge in [-0.05, 0) is 53.6 Å². The van der Waals surface area contributed by atoms with Crippen molar-refractivity contribution in [3.8, 4) is 23.8 Å². The lowest BCUT2D eigenvalue weighted by Crippen LogP contribution is -1.96. The number of terminal acetylenes is 1. The molecule has 5 heteroatoms. The Morgan fingerprint density at radius 1 is 1.12 bits per heavy atom. The van der Waals surface area contributed by atoms with Gasteiger partial charge in [0, 0.05) is 10.0 Å². The molecule has 132 valence electrons. The van der Waals surface area contributed by atoms with Crippen molar-refractivity contribution in [3.63, 3.8) is 0 Å². The number of allylic oxidation sites excluding steroid dienone is 2. The summed E-state index contributed by atoms with van der Waals surface area (Å²) in [4.78, 5) is 12.0. The highest BCUT2D eigenvalue weighted by atomic mass is 35.5. The highest BCUT2D eigenvalue weighted by molar-refractivity contribution is 6.35. The van der Waals surface area contributed by atoms with Crippen molar-refractivity contribution < 1.29 is 14.3 Å².